The van der Waals surface area contributed by atoms with E-state index in [1.165, 1.54) is 0 Å². The molecule has 0 aliphatic heterocycles. The average Bonchev–Trinajstić information content (AvgIpc) is 2.20. The number of hydrogen-bond donors (Lipinski definition) is 0. The topological polar surface area (TPSA) is 42.2 Å². The lowest BCUT2D eigenvalue weighted by atomic mass is 10.2. The highest BCUT2D eigenvalue weighted by atomic mass is 35.5. The first kappa shape index (κ1) is 13.7. The van der Waals surface area contributed by atoms with Gasteiger partial charge in [0.05, 0.1) is 22.8 Å². The highest BCUT2D eigenvalue weighted by Crippen LogP contribution is 2.33. The van der Waals surface area contributed by atoms with Crippen molar-refractivity contribution in [3.63, 3.8) is 0 Å². The second kappa shape index (κ2) is 5.79. The van der Waals surface area contributed by atoms with Crippen molar-refractivity contribution in [1.29, 1.82) is 5.26 Å². The van der Waals surface area contributed by atoms with E-state index < -0.39 is 0 Å². The lowest BCUT2D eigenvalue weighted by Crippen LogP contribution is -2.09. The normalized spacial score (nSPS) is 10.5. The fourth-order valence-corrected chi connectivity index (χ4v) is 1.52. The van der Waals surface area contributed by atoms with E-state index in [1.54, 1.807) is 12.1 Å². The van der Waals surface area contributed by atoms with E-state index in [1.807, 2.05) is 27.7 Å². The van der Waals surface area contributed by atoms with Crippen molar-refractivity contribution in [3.05, 3.63) is 22.7 Å². The molecule has 0 bridgehead atoms. The van der Waals surface area contributed by atoms with Crippen molar-refractivity contribution in [1.82, 2.24) is 0 Å². The summed E-state index contributed by atoms with van der Waals surface area (Å²) in [5.74, 6) is 0.998. The van der Waals surface area contributed by atoms with Gasteiger partial charge in [0.15, 0.2) is 0 Å². The molecular formula is C13H16ClNO2. The van der Waals surface area contributed by atoms with Crippen LogP contribution in [0.5, 0.6) is 11.5 Å². The summed E-state index contributed by atoms with van der Waals surface area (Å²) in [4.78, 5) is 0. The molecule has 0 radical (unpaired) electrons. The third-order valence-electron chi connectivity index (χ3n) is 1.88. The minimum atomic E-state index is -0.00460. The lowest BCUT2D eigenvalue weighted by molar-refractivity contribution is 0.234. The highest BCUT2D eigenvalue weighted by Gasteiger charge is 2.12. The monoisotopic (exact) mass is 253 g/mol. The number of ether oxygens (including phenoxy) is 2. The average molecular weight is 254 g/mol. The van der Waals surface area contributed by atoms with Gasteiger partial charge in [-0.2, -0.15) is 5.26 Å². The highest BCUT2D eigenvalue weighted by molar-refractivity contribution is 6.32. The van der Waals surface area contributed by atoms with Crippen LogP contribution in [0.15, 0.2) is 12.1 Å². The predicted octanol–water partition coefficient (Wildman–Crippen LogP) is 3.79. The summed E-state index contributed by atoms with van der Waals surface area (Å²) in [5, 5.41) is 9.50. The van der Waals surface area contributed by atoms with Gasteiger partial charge < -0.3 is 9.47 Å². The van der Waals surface area contributed by atoms with Crippen LogP contribution in [-0.2, 0) is 0 Å². The molecule has 0 spiro atoms. The third kappa shape index (κ3) is 3.83. The predicted molar refractivity (Wildman–Crippen MR) is 67.7 cm³/mol. The fraction of sp³-hybridized carbons (Fsp3) is 0.462. The molecule has 0 N–H and O–H groups in total. The Morgan fingerprint density at radius 3 is 2.06 bits per heavy atom. The molecule has 0 heterocycles. The van der Waals surface area contributed by atoms with Crippen LogP contribution in [0.25, 0.3) is 0 Å². The molecule has 92 valence electrons. The molecule has 3 nitrogen and oxygen atoms in total. The Morgan fingerprint density at radius 1 is 1.06 bits per heavy atom. The summed E-state index contributed by atoms with van der Waals surface area (Å²) in [5.41, 5.74) is 0.429. The smallest absolute Gasteiger partial charge is 0.139 e. The number of nitriles is 1. The van der Waals surface area contributed by atoms with Crippen LogP contribution < -0.4 is 9.47 Å². The van der Waals surface area contributed by atoms with Crippen LogP contribution >= 0.6 is 11.6 Å². The minimum Gasteiger partial charge on any atom is -0.490 e. The first-order valence-corrected chi connectivity index (χ1v) is 5.88. The van der Waals surface area contributed by atoms with Crippen LogP contribution in [0, 0.1) is 11.3 Å². The number of rotatable bonds is 4. The third-order valence-corrected chi connectivity index (χ3v) is 2.18. The molecule has 0 saturated heterocycles. The van der Waals surface area contributed by atoms with E-state index in [4.69, 9.17) is 26.3 Å². The number of halogens is 1. The minimum absolute atomic E-state index is 0.00460. The van der Waals surface area contributed by atoms with Gasteiger partial charge in [0.25, 0.3) is 0 Å². The van der Waals surface area contributed by atoms with Crippen LogP contribution in [0.2, 0.25) is 5.02 Å². The molecule has 0 fully saturated rings. The van der Waals surface area contributed by atoms with Crippen LogP contribution in [0.3, 0.4) is 0 Å². The molecule has 17 heavy (non-hydrogen) atoms. The Bertz CT molecular complexity index is 436. The summed E-state index contributed by atoms with van der Waals surface area (Å²) >= 11 is 6.07. The van der Waals surface area contributed by atoms with Crippen LogP contribution in [-0.4, -0.2) is 12.2 Å². The summed E-state index contributed by atoms with van der Waals surface area (Å²) in [7, 11) is 0. The summed E-state index contributed by atoms with van der Waals surface area (Å²) in [6.07, 6.45) is 0.00550. The SMILES string of the molecule is CC(C)Oc1cc(C#N)c(OC(C)C)cc1Cl. The molecule has 1 rings (SSSR count). The fourth-order valence-electron chi connectivity index (χ4n) is 1.32. The molecule has 1 aromatic rings. The molecule has 0 unspecified atom stereocenters. The first-order chi connectivity index (χ1) is 7.93. The first-order valence-electron chi connectivity index (χ1n) is 5.51. The molecule has 0 atom stereocenters. The van der Waals surface area contributed by atoms with Gasteiger partial charge in [-0.25, -0.2) is 0 Å². The Labute approximate surface area is 107 Å². The molecule has 1 aromatic carbocycles. The molecule has 0 aliphatic carbocycles. The summed E-state index contributed by atoms with van der Waals surface area (Å²) in [6.45, 7) is 7.60. The van der Waals surface area contributed by atoms with Crippen molar-refractivity contribution >= 4 is 11.6 Å². The van der Waals surface area contributed by atoms with Gasteiger partial charge in [0.1, 0.15) is 17.6 Å². The zero-order valence-corrected chi connectivity index (χ0v) is 11.2. The van der Waals surface area contributed by atoms with Gasteiger partial charge >= 0.3 is 0 Å². The van der Waals surface area contributed by atoms with E-state index in [2.05, 4.69) is 6.07 Å². The standard InChI is InChI=1S/C13H16ClNO2/c1-8(2)16-12-6-11(14)13(17-9(3)4)5-10(12)7-15/h5-6,8-9H,1-4H3. The second-order valence-corrected chi connectivity index (χ2v) is 4.63. The van der Waals surface area contributed by atoms with Crippen molar-refractivity contribution in [2.45, 2.75) is 39.9 Å². The van der Waals surface area contributed by atoms with E-state index in [9.17, 15) is 0 Å². The molecule has 4 heteroatoms. The Morgan fingerprint density at radius 2 is 1.59 bits per heavy atom. The van der Waals surface area contributed by atoms with Gasteiger partial charge in [0, 0.05) is 12.1 Å². The van der Waals surface area contributed by atoms with Crippen LogP contribution in [0.1, 0.15) is 33.3 Å². The summed E-state index contributed by atoms with van der Waals surface area (Å²) in [6, 6.07) is 5.31. The Hall–Kier alpha value is -1.40. The van der Waals surface area contributed by atoms with Crippen LogP contribution in [0.4, 0.5) is 0 Å². The lowest BCUT2D eigenvalue weighted by Gasteiger charge is -2.15. The second-order valence-electron chi connectivity index (χ2n) is 4.22. The maximum Gasteiger partial charge on any atom is 0.139 e. The van der Waals surface area contributed by atoms with E-state index in [0.717, 1.165) is 0 Å². The number of benzene rings is 1. The number of hydrogen-bond acceptors (Lipinski definition) is 3. The van der Waals surface area contributed by atoms with Gasteiger partial charge in [0.2, 0.25) is 0 Å². The van der Waals surface area contributed by atoms with Crippen molar-refractivity contribution < 1.29 is 9.47 Å². The van der Waals surface area contributed by atoms with Gasteiger partial charge in [-0.05, 0) is 27.7 Å². The maximum absolute atomic E-state index is 9.05. The van der Waals surface area contributed by atoms with Crippen molar-refractivity contribution in [2.75, 3.05) is 0 Å². The molecule has 0 aromatic heterocycles. The van der Waals surface area contributed by atoms with Crippen molar-refractivity contribution in [2.24, 2.45) is 0 Å². The maximum atomic E-state index is 9.05. The van der Waals surface area contributed by atoms with E-state index in [-0.39, 0.29) is 12.2 Å². The zero-order chi connectivity index (χ0) is 13.0. The molecule has 0 amide bonds. The molecule has 0 saturated carbocycles. The van der Waals surface area contributed by atoms with Gasteiger partial charge in [-0.1, -0.05) is 11.6 Å². The van der Waals surface area contributed by atoms with Crippen molar-refractivity contribution in [3.8, 4) is 17.6 Å². The molecule has 0 aliphatic rings. The zero-order valence-electron chi connectivity index (χ0n) is 10.5. The van der Waals surface area contributed by atoms with Gasteiger partial charge in [-0.3, -0.25) is 0 Å². The molecular weight excluding hydrogens is 238 g/mol. The Kier molecular flexibility index (Phi) is 4.65. The van der Waals surface area contributed by atoms with E-state index >= 15 is 0 Å². The van der Waals surface area contributed by atoms with E-state index in [0.29, 0.717) is 22.1 Å². The van der Waals surface area contributed by atoms with Gasteiger partial charge in [-0.15, -0.1) is 0 Å². The summed E-state index contributed by atoms with van der Waals surface area (Å²) < 4.78 is 11.0. The Balaban J connectivity index is 3.11. The number of nitrogens with zero attached hydrogens (tertiary/aromatic N) is 1. The quantitative estimate of drug-likeness (QED) is 0.820. The largest absolute Gasteiger partial charge is 0.490 e.